The maximum Gasteiger partial charge on any atom is 0.269 e. The summed E-state index contributed by atoms with van der Waals surface area (Å²) < 4.78 is 6.69. The number of thioether (sulfide) groups is 1. The van der Waals surface area contributed by atoms with E-state index in [1.807, 2.05) is 0 Å². The zero-order valence-corrected chi connectivity index (χ0v) is 17.8. The molecule has 0 radical (unpaired) electrons. The molecule has 10 heteroatoms. The number of carbonyl (C=O) groups excluding carboxylic acids is 1. The summed E-state index contributed by atoms with van der Waals surface area (Å²) in [6.07, 6.45) is 3.48. The average Bonchev–Trinajstić information content (AvgIpc) is 3.29. The molecule has 1 N–H and O–H groups in total. The van der Waals surface area contributed by atoms with Gasteiger partial charge in [-0.25, -0.2) is 9.97 Å². The van der Waals surface area contributed by atoms with E-state index >= 15 is 0 Å². The van der Waals surface area contributed by atoms with Crippen molar-refractivity contribution in [3.8, 4) is 0 Å². The van der Waals surface area contributed by atoms with Crippen LogP contribution in [0.15, 0.2) is 45.3 Å². The number of aromatic nitrogens is 2. The number of nitro groups is 1. The molecule has 1 aromatic carbocycles. The Labute approximate surface area is 175 Å². The molecule has 2 heterocycles. The fourth-order valence-electron chi connectivity index (χ4n) is 2.37. The number of nitrogens with zero attached hydrogens (tertiary/aromatic N) is 3. The van der Waals surface area contributed by atoms with Crippen molar-refractivity contribution in [2.24, 2.45) is 0 Å². The zero-order valence-electron chi connectivity index (χ0n) is 16.2. The summed E-state index contributed by atoms with van der Waals surface area (Å²) in [6, 6.07) is 6.03. The fraction of sp³-hybridized carbons (Fsp3) is 0.316. The molecule has 0 fully saturated rings. The highest BCUT2D eigenvalue weighted by molar-refractivity contribution is 8.00. The Morgan fingerprint density at radius 3 is 2.79 bits per heavy atom. The molecule has 8 nitrogen and oxygen atoms in total. The third-order valence-corrected chi connectivity index (χ3v) is 5.94. The molecule has 0 saturated carbocycles. The van der Waals surface area contributed by atoms with E-state index in [0.717, 1.165) is 9.97 Å². The number of benzene rings is 1. The van der Waals surface area contributed by atoms with E-state index in [9.17, 15) is 14.9 Å². The Hall–Kier alpha value is -2.72. The second kappa shape index (κ2) is 8.75. The lowest BCUT2D eigenvalue weighted by Gasteiger charge is -2.12. The van der Waals surface area contributed by atoms with Crippen molar-refractivity contribution in [3.63, 3.8) is 0 Å². The van der Waals surface area contributed by atoms with Crippen LogP contribution >= 0.6 is 23.1 Å². The van der Waals surface area contributed by atoms with E-state index < -0.39 is 4.92 Å². The Morgan fingerprint density at radius 1 is 1.31 bits per heavy atom. The van der Waals surface area contributed by atoms with Crippen LogP contribution in [-0.4, -0.2) is 20.8 Å². The summed E-state index contributed by atoms with van der Waals surface area (Å²) in [6.45, 7) is 6.20. The summed E-state index contributed by atoms with van der Waals surface area (Å²) in [5.74, 6) is 1.77. The number of hydrogen-bond acceptors (Lipinski definition) is 8. The van der Waals surface area contributed by atoms with Gasteiger partial charge in [-0.1, -0.05) is 44.2 Å². The van der Waals surface area contributed by atoms with Crippen molar-refractivity contribution >= 4 is 39.8 Å². The largest absolute Gasteiger partial charge is 0.444 e. The van der Waals surface area contributed by atoms with Crippen molar-refractivity contribution in [2.75, 3.05) is 5.32 Å². The molecule has 29 heavy (non-hydrogen) atoms. The Morgan fingerprint density at radius 2 is 2.10 bits per heavy atom. The molecule has 3 aromatic rings. The van der Waals surface area contributed by atoms with Crippen LogP contribution in [0, 0.1) is 10.1 Å². The molecule has 0 aliphatic rings. The second-order valence-corrected chi connectivity index (χ2v) is 9.60. The highest BCUT2D eigenvalue weighted by Gasteiger charge is 2.19. The Bertz CT molecular complexity index is 1020. The van der Waals surface area contributed by atoms with Gasteiger partial charge in [0.2, 0.25) is 11.8 Å². The van der Waals surface area contributed by atoms with E-state index in [0.29, 0.717) is 22.3 Å². The predicted molar refractivity (Wildman–Crippen MR) is 112 cm³/mol. The molecule has 3 rings (SSSR count). The molecule has 0 unspecified atom stereocenters. The lowest BCUT2D eigenvalue weighted by Crippen LogP contribution is -2.14. The second-order valence-electron chi connectivity index (χ2n) is 7.29. The number of oxazole rings is 1. The maximum atomic E-state index is 12.2. The summed E-state index contributed by atoms with van der Waals surface area (Å²) in [5, 5.41) is 14.0. The van der Waals surface area contributed by atoms with Gasteiger partial charge in [-0.15, -0.1) is 11.8 Å². The summed E-state index contributed by atoms with van der Waals surface area (Å²) in [5.41, 5.74) is 0.447. The molecular formula is C19H20N4O4S2. The van der Waals surface area contributed by atoms with E-state index in [-0.39, 0.29) is 23.4 Å². The van der Waals surface area contributed by atoms with Crippen LogP contribution in [0.1, 0.15) is 38.0 Å². The summed E-state index contributed by atoms with van der Waals surface area (Å²) in [7, 11) is 0. The van der Waals surface area contributed by atoms with Crippen molar-refractivity contribution in [2.45, 2.75) is 42.6 Å². The molecule has 0 saturated heterocycles. The SMILES string of the molecule is CC(C)(C)c1cnc(CSc2cnc(NC(=O)Cc3cccc([N+](=O)[O-])c3)s2)o1. The molecule has 0 aliphatic carbocycles. The van der Waals surface area contributed by atoms with Crippen LogP contribution < -0.4 is 5.32 Å². The van der Waals surface area contributed by atoms with Crippen LogP contribution in [0.4, 0.5) is 10.8 Å². The Balaban J connectivity index is 1.53. The highest BCUT2D eigenvalue weighted by atomic mass is 32.2. The van der Waals surface area contributed by atoms with Gasteiger partial charge in [0.1, 0.15) is 5.76 Å². The number of nitro benzene ring substituents is 1. The molecule has 1 amide bonds. The van der Waals surface area contributed by atoms with Gasteiger partial charge in [-0.2, -0.15) is 0 Å². The Kier molecular flexibility index (Phi) is 6.33. The van der Waals surface area contributed by atoms with Gasteiger partial charge in [0.15, 0.2) is 5.13 Å². The van der Waals surface area contributed by atoms with E-state index in [1.165, 1.54) is 35.2 Å². The van der Waals surface area contributed by atoms with Crippen LogP contribution in [0.25, 0.3) is 0 Å². The van der Waals surface area contributed by atoms with Gasteiger partial charge in [-0.05, 0) is 5.56 Å². The lowest BCUT2D eigenvalue weighted by atomic mass is 9.94. The number of non-ortho nitro benzene ring substituents is 1. The van der Waals surface area contributed by atoms with Crippen molar-refractivity contribution in [1.29, 1.82) is 0 Å². The van der Waals surface area contributed by atoms with E-state index in [2.05, 4.69) is 36.1 Å². The first-order chi connectivity index (χ1) is 13.7. The van der Waals surface area contributed by atoms with E-state index in [1.54, 1.807) is 24.5 Å². The molecule has 152 valence electrons. The molecule has 0 atom stereocenters. The molecule has 0 bridgehead atoms. The maximum absolute atomic E-state index is 12.2. The van der Waals surface area contributed by atoms with Gasteiger partial charge in [-0.3, -0.25) is 14.9 Å². The smallest absolute Gasteiger partial charge is 0.269 e. The molecule has 0 aliphatic heterocycles. The first-order valence-electron chi connectivity index (χ1n) is 8.78. The standard InChI is InChI=1S/C19H20N4O4S2/c1-19(2,3)14-9-20-16(27-14)11-28-17-10-21-18(29-17)22-15(24)8-12-5-4-6-13(7-12)23(25)26/h4-7,9-10H,8,11H2,1-3H3,(H,21,22,24). The number of rotatable bonds is 7. The first-order valence-corrected chi connectivity index (χ1v) is 10.6. The summed E-state index contributed by atoms with van der Waals surface area (Å²) >= 11 is 2.88. The molecular weight excluding hydrogens is 412 g/mol. The van der Waals surface area contributed by atoms with Crippen LogP contribution in [-0.2, 0) is 22.4 Å². The summed E-state index contributed by atoms with van der Waals surface area (Å²) in [4.78, 5) is 31.1. The minimum atomic E-state index is -0.482. The quantitative estimate of drug-likeness (QED) is 0.324. The third kappa shape index (κ3) is 5.88. The number of hydrogen-bond donors (Lipinski definition) is 1. The first kappa shape index (κ1) is 21.0. The van der Waals surface area contributed by atoms with Crippen LogP contribution in [0.3, 0.4) is 0 Å². The van der Waals surface area contributed by atoms with Crippen molar-refractivity contribution < 1.29 is 14.1 Å². The molecule has 2 aromatic heterocycles. The van der Waals surface area contributed by atoms with Crippen molar-refractivity contribution in [1.82, 2.24) is 9.97 Å². The number of thiazole rings is 1. The van der Waals surface area contributed by atoms with Gasteiger partial charge in [0, 0.05) is 17.5 Å². The molecule has 0 spiro atoms. The minimum absolute atomic E-state index is 0.0373. The lowest BCUT2D eigenvalue weighted by molar-refractivity contribution is -0.384. The highest BCUT2D eigenvalue weighted by Crippen LogP contribution is 2.31. The number of anilines is 1. The average molecular weight is 433 g/mol. The van der Waals surface area contributed by atoms with Crippen LogP contribution in [0.5, 0.6) is 0 Å². The topological polar surface area (TPSA) is 111 Å². The number of nitrogens with one attached hydrogen (secondary N) is 1. The normalized spacial score (nSPS) is 11.4. The minimum Gasteiger partial charge on any atom is -0.444 e. The fourth-order valence-corrected chi connectivity index (χ4v) is 4.11. The monoisotopic (exact) mass is 432 g/mol. The van der Waals surface area contributed by atoms with Gasteiger partial charge >= 0.3 is 0 Å². The number of carbonyl (C=O) groups is 1. The predicted octanol–water partition coefficient (Wildman–Crippen LogP) is 4.81. The zero-order chi connectivity index (χ0) is 21.0. The van der Waals surface area contributed by atoms with Gasteiger partial charge < -0.3 is 9.73 Å². The van der Waals surface area contributed by atoms with Crippen molar-refractivity contribution in [3.05, 3.63) is 64.0 Å². The van der Waals surface area contributed by atoms with E-state index in [4.69, 9.17) is 4.42 Å². The number of amides is 1. The van der Waals surface area contributed by atoms with Crippen LogP contribution in [0.2, 0.25) is 0 Å². The third-order valence-electron chi connectivity index (χ3n) is 3.85. The van der Waals surface area contributed by atoms with Gasteiger partial charge in [0.05, 0.1) is 33.7 Å². The van der Waals surface area contributed by atoms with Gasteiger partial charge in [0.25, 0.3) is 5.69 Å².